The van der Waals surface area contributed by atoms with E-state index in [0.717, 1.165) is 23.7 Å². The van der Waals surface area contributed by atoms with E-state index in [-0.39, 0.29) is 17.8 Å². The number of para-hydroxylation sites is 1. The first-order valence-electron chi connectivity index (χ1n) is 6.30. The van der Waals surface area contributed by atoms with Gasteiger partial charge in [0.1, 0.15) is 11.6 Å². The molecule has 0 fully saturated rings. The van der Waals surface area contributed by atoms with E-state index >= 15 is 0 Å². The fourth-order valence-corrected chi connectivity index (χ4v) is 2.07. The summed E-state index contributed by atoms with van der Waals surface area (Å²) in [5.41, 5.74) is 1.05. The molecule has 0 spiro atoms. The molecule has 3 rings (SSSR count). The predicted octanol–water partition coefficient (Wildman–Crippen LogP) is 2.77. The van der Waals surface area contributed by atoms with Crippen molar-refractivity contribution in [1.29, 1.82) is 0 Å². The molecule has 0 bridgehead atoms. The molecule has 0 aliphatic carbocycles. The summed E-state index contributed by atoms with van der Waals surface area (Å²) < 4.78 is 26.5. The molecule has 6 heteroatoms. The number of hydrogen-bond donors (Lipinski definition) is 2. The van der Waals surface area contributed by atoms with Crippen LogP contribution in [0, 0.1) is 11.6 Å². The molecule has 0 atom stereocenters. The van der Waals surface area contributed by atoms with Gasteiger partial charge in [-0.1, -0.05) is 18.2 Å². The van der Waals surface area contributed by atoms with Crippen molar-refractivity contribution in [1.82, 2.24) is 15.5 Å². The molecule has 3 aromatic rings. The zero-order valence-electron chi connectivity index (χ0n) is 10.9. The van der Waals surface area contributed by atoms with E-state index in [1.165, 1.54) is 0 Å². The van der Waals surface area contributed by atoms with Crippen LogP contribution in [0.15, 0.2) is 42.5 Å². The van der Waals surface area contributed by atoms with Crippen molar-refractivity contribution in [3.63, 3.8) is 0 Å². The molecule has 1 aromatic heterocycles. The first-order chi connectivity index (χ1) is 10.1. The molecule has 4 nitrogen and oxygen atoms in total. The summed E-state index contributed by atoms with van der Waals surface area (Å²) in [5.74, 6) is -1.56. The lowest BCUT2D eigenvalue weighted by Gasteiger charge is -2.05. The van der Waals surface area contributed by atoms with E-state index in [1.807, 2.05) is 6.07 Å². The summed E-state index contributed by atoms with van der Waals surface area (Å²) in [6.07, 6.45) is 0. The molecule has 1 heterocycles. The molecular formula is C15H11F2N3O. The van der Waals surface area contributed by atoms with Crippen LogP contribution in [0.5, 0.6) is 0 Å². The second-order valence-electron chi connectivity index (χ2n) is 4.54. The van der Waals surface area contributed by atoms with Gasteiger partial charge in [0.25, 0.3) is 5.91 Å². The van der Waals surface area contributed by atoms with Crippen molar-refractivity contribution in [2.75, 3.05) is 0 Å². The Morgan fingerprint density at radius 2 is 2.00 bits per heavy atom. The number of halogens is 2. The number of nitrogens with one attached hydrogen (secondary N) is 2. The minimum Gasteiger partial charge on any atom is -0.346 e. The molecule has 21 heavy (non-hydrogen) atoms. The number of carbonyl (C=O) groups is 1. The largest absolute Gasteiger partial charge is 0.346 e. The third kappa shape index (κ3) is 2.60. The van der Waals surface area contributed by atoms with Gasteiger partial charge in [0.2, 0.25) is 0 Å². The first-order valence-corrected chi connectivity index (χ1v) is 6.30. The Balaban J connectivity index is 1.79. The van der Waals surface area contributed by atoms with E-state index in [1.54, 1.807) is 18.2 Å². The molecule has 0 aliphatic heterocycles. The number of amides is 1. The minimum atomic E-state index is -0.566. The van der Waals surface area contributed by atoms with Crippen molar-refractivity contribution in [3.8, 4) is 0 Å². The van der Waals surface area contributed by atoms with Gasteiger partial charge in [0.15, 0.2) is 5.69 Å². The lowest BCUT2D eigenvalue weighted by molar-refractivity contribution is 0.0947. The quantitative estimate of drug-likeness (QED) is 0.778. The second kappa shape index (κ2) is 5.32. The molecule has 1 amide bonds. The third-order valence-electron chi connectivity index (χ3n) is 3.13. The monoisotopic (exact) mass is 287 g/mol. The van der Waals surface area contributed by atoms with Crippen LogP contribution in [-0.4, -0.2) is 16.1 Å². The number of H-pyrrole nitrogens is 1. The summed E-state index contributed by atoms with van der Waals surface area (Å²) in [7, 11) is 0. The normalized spacial score (nSPS) is 10.8. The highest BCUT2D eigenvalue weighted by molar-refractivity contribution is 6.04. The Kier molecular flexibility index (Phi) is 3.35. The van der Waals surface area contributed by atoms with Gasteiger partial charge in [-0.2, -0.15) is 5.10 Å². The molecule has 2 N–H and O–H groups in total. The summed E-state index contributed by atoms with van der Waals surface area (Å²) in [6.45, 7) is -0.108. The van der Waals surface area contributed by atoms with Crippen molar-refractivity contribution in [3.05, 3.63) is 65.4 Å². The van der Waals surface area contributed by atoms with Crippen LogP contribution in [0.2, 0.25) is 0 Å². The van der Waals surface area contributed by atoms with Gasteiger partial charge in [-0.3, -0.25) is 9.89 Å². The van der Waals surface area contributed by atoms with Crippen molar-refractivity contribution >= 4 is 16.8 Å². The van der Waals surface area contributed by atoms with Crippen LogP contribution in [0.25, 0.3) is 10.9 Å². The highest BCUT2D eigenvalue weighted by Crippen LogP contribution is 2.15. The lowest BCUT2D eigenvalue weighted by atomic mass is 10.2. The van der Waals surface area contributed by atoms with Crippen molar-refractivity contribution < 1.29 is 13.6 Å². The van der Waals surface area contributed by atoms with Gasteiger partial charge in [0, 0.05) is 17.5 Å². The fourth-order valence-electron chi connectivity index (χ4n) is 2.07. The molecule has 0 aliphatic rings. The lowest BCUT2D eigenvalue weighted by Crippen LogP contribution is -2.24. The molecule has 0 unspecified atom stereocenters. The van der Waals surface area contributed by atoms with Crippen LogP contribution < -0.4 is 5.32 Å². The molecule has 0 saturated heterocycles. The predicted molar refractivity (Wildman–Crippen MR) is 73.6 cm³/mol. The summed E-state index contributed by atoms with van der Waals surface area (Å²) in [4.78, 5) is 12.1. The third-order valence-corrected chi connectivity index (χ3v) is 3.13. The summed E-state index contributed by atoms with van der Waals surface area (Å²) in [6, 6.07) is 10.3. The highest BCUT2D eigenvalue weighted by atomic mass is 19.1. The molecule has 0 radical (unpaired) electrons. The Bertz CT molecular complexity index is 814. The average Bonchev–Trinajstić information content (AvgIpc) is 2.92. The van der Waals surface area contributed by atoms with Crippen LogP contribution in [0.4, 0.5) is 8.78 Å². The molecule has 106 valence electrons. The van der Waals surface area contributed by atoms with E-state index in [0.29, 0.717) is 5.39 Å². The van der Waals surface area contributed by atoms with Gasteiger partial charge in [-0.05, 0) is 24.3 Å². The zero-order chi connectivity index (χ0) is 14.8. The summed E-state index contributed by atoms with van der Waals surface area (Å²) >= 11 is 0. The van der Waals surface area contributed by atoms with E-state index in [2.05, 4.69) is 15.5 Å². The Hall–Kier alpha value is -2.76. The Morgan fingerprint density at radius 1 is 1.19 bits per heavy atom. The van der Waals surface area contributed by atoms with Crippen molar-refractivity contribution in [2.45, 2.75) is 6.54 Å². The Labute approximate surface area is 118 Å². The fraction of sp³-hybridized carbons (Fsp3) is 0.0667. The molecular weight excluding hydrogens is 276 g/mol. The number of nitrogens with zero attached hydrogens (tertiary/aromatic N) is 1. The van der Waals surface area contributed by atoms with E-state index < -0.39 is 17.5 Å². The number of aromatic nitrogens is 2. The number of hydrogen-bond acceptors (Lipinski definition) is 2. The van der Waals surface area contributed by atoms with Crippen LogP contribution >= 0.6 is 0 Å². The van der Waals surface area contributed by atoms with Gasteiger partial charge in [0.05, 0.1) is 5.52 Å². The standard InChI is InChI=1S/C15H11F2N3O/c16-10-5-6-12(17)9(7-10)8-18-15(21)14-11-3-1-2-4-13(11)19-20-14/h1-7H,8H2,(H,18,21)(H,19,20). The number of fused-ring (bicyclic) bond motifs is 1. The number of benzene rings is 2. The van der Waals surface area contributed by atoms with Crippen LogP contribution in [0.1, 0.15) is 16.1 Å². The summed E-state index contributed by atoms with van der Waals surface area (Å²) in [5, 5.41) is 9.89. The van der Waals surface area contributed by atoms with Crippen LogP contribution in [0.3, 0.4) is 0 Å². The van der Waals surface area contributed by atoms with Gasteiger partial charge in [-0.15, -0.1) is 0 Å². The second-order valence-corrected chi connectivity index (χ2v) is 4.54. The number of aromatic amines is 1. The van der Waals surface area contributed by atoms with Gasteiger partial charge >= 0.3 is 0 Å². The maximum absolute atomic E-state index is 13.5. The highest BCUT2D eigenvalue weighted by Gasteiger charge is 2.14. The smallest absolute Gasteiger partial charge is 0.272 e. The molecule has 0 saturated carbocycles. The SMILES string of the molecule is O=C(NCc1cc(F)ccc1F)c1n[nH]c2ccccc12. The van der Waals surface area contributed by atoms with Crippen LogP contribution in [-0.2, 0) is 6.54 Å². The maximum Gasteiger partial charge on any atom is 0.272 e. The van der Waals surface area contributed by atoms with Crippen molar-refractivity contribution in [2.24, 2.45) is 0 Å². The topological polar surface area (TPSA) is 57.8 Å². The Morgan fingerprint density at radius 3 is 2.86 bits per heavy atom. The van der Waals surface area contributed by atoms with Gasteiger partial charge in [-0.25, -0.2) is 8.78 Å². The maximum atomic E-state index is 13.5. The zero-order valence-corrected chi connectivity index (χ0v) is 10.9. The molecule has 2 aromatic carbocycles. The average molecular weight is 287 g/mol. The van der Waals surface area contributed by atoms with E-state index in [9.17, 15) is 13.6 Å². The van der Waals surface area contributed by atoms with Gasteiger partial charge < -0.3 is 5.32 Å². The number of carbonyl (C=O) groups excluding carboxylic acids is 1. The number of rotatable bonds is 3. The minimum absolute atomic E-state index is 0.0863. The van der Waals surface area contributed by atoms with E-state index in [4.69, 9.17) is 0 Å². The first kappa shape index (κ1) is 13.2.